The Morgan fingerprint density at radius 2 is 1.77 bits per heavy atom. The summed E-state index contributed by atoms with van der Waals surface area (Å²) in [5, 5.41) is 3.78. The van der Waals surface area contributed by atoms with Gasteiger partial charge in [-0.2, -0.15) is 0 Å². The predicted molar refractivity (Wildman–Crippen MR) is 108 cm³/mol. The van der Waals surface area contributed by atoms with Crippen molar-refractivity contribution in [3.05, 3.63) is 58.1 Å². The zero-order chi connectivity index (χ0) is 19.5. The number of anilines is 2. The molecule has 0 aliphatic carbocycles. The van der Waals surface area contributed by atoms with Gasteiger partial charge in [0.2, 0.25) is 15.9 Å². The SMILES string of the molecule is CC[C@@H](C(=O)Nc1cccc(Cl)c1C)N(c1ccc(Cl)cc1)S(C)(=O)=O. The molecule has 140 valence electrons. The molecule has 2 rings (SSSR count). The highest BCUT2D eigenvalue weighted by molar-refractivity contribution is 7.92. The van der Waals surface area contributed by atoms with Gasteiger partial charge in [-0.25, -0.2) is 8.42 Å². The number of hydrogen-bond donors (Lipinski definition) is 1. The fourth-order valence-electron chi connectivity index (χ4n) is 2.61. The normalized spacial score (nSPS) is 12.5. The Balaban J connectivity index is 2.40. The molecule has 2 aromatic rings. The number of carbonyl (C=O) groups is 1. The second-order valence-corrected chi connectivity index (χ2v) is 8.56. The molecule has 8 heteroatoms. The number of rotatable bonds is 6. The van der Waals surface area contributed by atoms with E-state index in [1.54, 1.807) is 56.3 Å². The topological polar surface area (TPSA) is 66.5 Å². The van der Waals surface area contributed by atoms with Crippen molar-refractivity contribution in [2.45, 2.75) is 26.3 Å². The van der Waals surface area contributed by atoms with Crippen LogP contribution in [0.2, 0.25) is 10.0 Å². The van der Waals surface area contributed by atoms with Crippen molar-refractivity contribution in [3.63, 3.8) is 0 Å². The third-order valence-corrected chi connectivity index (χ3v) is 5.78. The van der Waals surface area contributed by atoms with E-state index in [1.807, 2.05) is 0 Å². The van der Waals surface area contributed by atoms with Crippen LogP contribution in [0.1, 0.15) is 18.9 Å². The average Bonchev–Trinajstić information content (AvgIpc) is 2.56. The number of amides is 1. The van der Waals surface area contributed by atoms with E-state index in [9.17, 15) is 13.2 Å². The molecule has 0 fully saturated rings. The molecule has 0 radical (unpaired) electrons. The molecule has 0 unspecified atom stereocenters. The first kappa shape index (κ1) is 20.6. The van der Waals surface area contributed by atoms with Crippen LogP contribution in [-0.2, 0) is 14.8 Å². The maximum absolute atomic E-state index is 12.8. The van der Waals surface area contributed by atoms with Gasteiger partial charge in [-0.15, -0.1) is 0 Å². The number of nitrogens with one attached hydrogen (secondary N) is 1. The number of hydrogen-bond acceptors (Lipinski definition) is 3. The van der Waals surface area contributed by atoms with E-state index in [4.69, 9.17) is 23.2 Å². The van der Waals surface area contributed by atoms with Crippen LogP contribution in [0.5, 0.6) is 0 Å². The lowest BCUT2D eigenvalue weighted by Gasteiger charge is -2.30. The van der Waals surface area contributed by atoms with Crippen LogP contribution in [0.25, 0.3) is 0 Å². The standard InChI is InChI=1S/C18H20Cl2N2O3S/c1-4-17(18(23)21-16-7-5-6-15(20)12(16)2)22(26(3,24)25)14-10-8-13(19)9-11-14/h5-11,17H,4H2,1-3H3,(H,21,23)/t17-/m0/s1. The van der Waals surface area contributed by atoms with Gasteiger partial charge in [-0.05, 0) is 55.3 Å². The van der Waals surface area contributed by atoms with Crippen LogP contribution in [0.15, 0.2) is 42.5 Å². The minimum atomic E-state index is -3.69. The Bertz CT molecular complexity index is 899. The molecule has 1 atom stereocenters. The molecule has 1 N–H and O–H groups in total. The van der Waals surface area contributed by atoms with E-state index in [2.05, 4.69) is 5.32 Å². The molecule has 0 heterocycles. The van der Waals surface area contributed by atoms with Crippen LogP contribution in [-0.4, -0.2) is 26.6 Å². The summed E-state index contributed by atoms with van der Waals surface area (Å²) in [5.41, 5.74) is 1.64. The summed E-state index contributed by atoms with van der Waals surface area (Å²) in [6.45, 7) is 3.54. The van der Waals surface area contributed by atoms with Gasteiger partial charge in [0.15, 0.2) is 0 Å². The quantitative estimate of drug-likeness (QED) is 0.756. The van der Waals surface area contributed by atoms with Crippen molar-refractivity contribution >= 4 is 50.5 Å². The third-order valence-electron chi connectivity index (χ3n) is 3.94. The summed E-state index contributed by atoms with van der Waals surface area (Å²) >= 11 is 12.0. The maximum Gasteiger partial charge on any atom is 0.248 e. The Hall–Kier alpha value is -1.76. The minimum Gasteiger partial charge on any atom is -0.324 e. The third kappa shape index (κ3) is 4.69. The summed E-state index contributed by atoms with van der Waals surface area (Å²) in [6, 6.07) is 10.6. The van der Waals surface area contributed by atoms with E-state index < -0.39 is 22.0 Å². The van der Waals surface area contributed by atoms with E-state index in [0.717, 1.165) is 16.1 Å². The van der Waals surface area contributed by atoms with Gasteiger partial charge in [0.1, 0.15) is 6.04 Å². The van der Waals surface area contributed by atoms with Gasteiger partial charge in [0, 0.05) is 15.7 Å². The van der Waals surface area contributed by atoms with Crippen LogP contribution < -0.4 is 9.62 Å². The summed E-state index contributed by atoms with van der Waals surface area (Å²) in [7, 11) is -3.69. The van der Waals surface area contributed by atoms with Gasteiger partial charge < -0.3 is 5.32 Å². The van der Waals surface area contributed by atoms with E-state index in [0.29, 0.717) is 27.8 Å². The second-order valence-electron chi connectivity index (χ2n) is 5.86. The monoisotopic (exact) mass is 414 g/mol. The largest absolute Gasteiger partial charge is 0.324 e. The van der Waals surface area contributed by atoms with Crippen LogP contribution in [0.3, 0.4) is 0 Å². The molecule has 2 aromatic carbocycles. The molecule has 5 nitrogen and oxygen atoms in total. The number of benzene rings is 2. The lowest BCUT2D eigenvalue weighted by Crippen LogP contribution is -2.47. The number of halogens is 2. The van der Waals surface area contributed by atoms with Crippen molar-refractivity contribution in [1.82, 2.24) is 0 Å². The number of sulfonamides is 1. The molecular formula is C18H20Cl2N2O3S. The molecular weight excluding hydrogens is 395 g/mol. The zero-order valence-corrected chi connectivity index (χ0v) is 17.0. The van der Waals surface area contributed by atoms with E-state index in [-0.39, 0.29) is 0 Å². The average molecular weight is 415 g/mol. The van der Waals surface area contributed by atoms with E-state index >= 15 is 0 Å². The lowest BCUT2D eigenvalue weighted by atomic mass is 10.1. The van der Waals surface area contributed by atoms with Crippen molar-refractivity contribution in [2.75, 3.05) is 15.9 Å². The van der Waals surface area contributed by atoms with Crippen LogP contribution >= 0.6 is 23.2 Å². The van der Waals surface area contributed by atoms with Crippen molar-refractivity contribution in [2.24, 2.45) is 0 Å². The number of nitrogens with zero attached hydrogens (tertiary/aromatic N) is 1. The fourth-order valence-corrected chi connectivity index (χ4v) is 4.12. The van der Waals surface area contributed by atoms with Crippen molar-refractivity contribution < 1.29 is 13.2 Å². The predicted octanol–water partition coefficient (Wildman–Crippen LogP) is 4.49. The van der Waals surface area contributed by atoms with Gasteiger partial charge in [-0.1, -0.05) is 36.2 Å². The summed E-state index contributed by atoms with van der Waals surface area (Å²) in [4.78, 5) is 12.8. The van der Waals surface area contributed by atoms with E-state index in [1.165, 1.54) is 0 Å². The highest BCUT2D eigenvalue weighted by Gasteiger charge is 2.31. The van der Waals surface area contributed by atoms with Gasteiger partial charge in [0.05, 0.1) is 11.9 Å². The van der Waals surface area contributed by atoms with Crippen molar-refractivity contribution in [1.29, 1.82) is 0 Å². The zero-order valence-electron chi connectivity index (χ0n) is 14.7. The smallest absolute Gasteiger partial charge is 0.248 e. The second kappa shape index (κ2) is 8.29. The first-order valence-electron chi connectivity index (χ1n) is 7.96. The summed E-state index contributed by atoms with van der Waals surface area (Å²) < 4.78 is 25.9. The lowest BCUT2D eigenvalue weighted by molar-refractivity contribution is -0.117. The molecule has 0 saturated heterocycles. The Labute approximate surface area is 164 Å². The summed E-state index contributed by atoms with van der Waals surface area (Å²) in [5.74, 6) is -0.432. The number of carbonyl (C=O) groups excluding carboxylic acids is 1. The maximum atomic E-state index is 12.8. The molecule has 0 aliphatic heterocycles. The van der Waals surface area contributed by atoms with Crippen LogP contribution in [0.4, 0.5) is 11.4 Å². The first-order valence-corrected chi connectivity index (χ1v) is 10.6. The Kier molecular flexibility index (Phi) is 6.55. The Morgan fingerprint density at radius 3 is 2.31 bits per heavy atom. The van der Waals surface area contributed by atoms with Gasteiger partial charge in [0.25, 0.3) is 0 Å². The molecule has 26 heavy (non-hydrogen) atoms. The first-order chi connectivity index (χ1) is 12.1. The molecule has 0 aromatic heterocycles. The molecule has 0 saturated carbocycles. The molecule has 0 aliphatic rings. The fraction of sp³-hybridized carbons (Fsp3) is 0.278. The highest BCUT2D eigenvalue weighted by Crippen LogP contribution is 2.27. The molecule has 1 amide bonds. The summed E-state index contributed by atoms with van der Waals surface area (Å²) in [6.07, 6.45) is 1.36. The van der Waals surface area contributed by atoms with Crippen LogP contribution in [0, 0.1) is 6.92 Å². The van der Waals surface area contributed by atoms with Crippen molar-refractivity contribution in [3.8, 4) is 0 Å². The Morgan fingerprint density at radius 1 is 1.15 bits per heavy atom. The molecule has 0 spiro atoms. The highest BCUT2D eigenvalue weighted by atomic mass is 35.5. The minimum absolute atomic E-state index is 0.293. The van der Waals surface area contributed by atoms with Gasteiger partial charge >= 0.3 is 0 Å². The molecule has 0 bridgehead atoms. The van der Waals surface area contributed by atoms with Gasteiger partial charge in [-0.3, -0.25) is 9.10 Å².